The second kappa shape index (κ2) is 9.92. The minimum absolute atomic E-state index is 0.0423. The summed E-state index contributed by atoms with van der Waals surface area (Å²) in [5.41, 5.74) is 4.50. The molecule has 1 saturated heterocycles. The summed E-state index contributed by atoms with van der Waals surface area (Å²) >= 11 is 5.92. The molecule has 0 spiro atoms. The summed E-state index contributed by atoms with van der Waals surface area (Å²) in [6, 6.07) is 16.1. The number of piperidine rings is 1. The van der Waals surface area contributed by atoms with Crippen LogP contribution in [-0.2, 0) is 11.2 Å². The molecule has 0 bridgehead atoms. The van der Waals surface area contributed by atoms with Gasteiger partial charge < -0.3 is 10.2 Å². The molecule has 31 heavy (non-hydrogen) atoms. The molecule has 0 radical (unpaired) electrons. The van der Waals surface area contributed by atoms with E-state index in [9.17, 15) is 4.79 Å². The van der Waals surface area contributed by atoms with Crippen molar-refractivity contribution in [3.8, 4) is 11.1 Å². The third-order valence-corrected chi connectivity index (χ3v) is 5.98. The van der Waals surface area contributed by atoms with Crippen LogP contribution < -0.4 is 10.2 Å². The van der Waals surface area contributed by atoms with Gasteiger partial charge in [0, 0.05) is 42.6 Å². The maximum Gasteiger partial charge on any atom is 0.225 e. The molecule has 1 amide bonds. The maximum absolute atomic E-state index is 12.7. The molecular weight excluding hydrogens is 408 g/mol. The smallest absolute Gasteiger partial charge is 0.225 e. The van der Waals surface area contributed by atoms with Crippen LogP contribution in [0.2, 0.25) is 5.02 Å². The molecule has 0 unspecified atom stereocenters. The van der Waals surface area contributed by atoms with Gasteiger partial charge in [-0.15, -0.1) is 0 Å². The van der Waals surface area contributed by atoms with Crippen molar-refractivity contribution in [2.24, 2.45) is 5.92 Å². The molecule has 2 heterocycles. The first kappa shape index (κ1) is 21.3. The van der Waals surface area contributed by atoms with E-state index in [4.69, 9.17) is 11.6 Å². The molecular formula is C25H27ClN4O. The molecule has 0 saturated carbocycles. The molecule has 6 heteroatoms. The number of amides is 1. The van der Waals surface area contributed by atoms with E-state index in [2.05, 4.69) is 51.4 Å². The Morgan fingerprint density at radius 2 is 1.77 bits per heavy atom. The zero-order chi connectivity index (χ0) is 21.6. The first-order valence-corrected chi connectivity index (χ1v) is 11.1. The lowest BCUT2D eigenvalue weighted by Gasteiger charge is -2.32. The van der Waals surface area contributed by atoms with E-state index >= 15 is 0 Å². The van der Waals surface area contributed by atoms with Gasteiger partial charge >= 0.3 is 0 Å². The van der Waals surface area contributed by atoms with Gasteiger partial charge in [-0.1, -0.05) is 53.6 Å². The van der Waals surface area contributed by atoms with Crippen molar-refractivity contribution in [1.29, 1.82) is 0 Å². The predicted octanol–water partition coefficient (Wildman–Crippen LogP) is 4.68. The monoisotopic (exact) mass is 434 g/mol. The lowest BCUT2D eigenvalue weighted by molar-refractivity contribution is -0.125. The Morgan fingerprint density at radius 1 is 1.06 bits per heavy atom. The van der Waals surface area contributed by atoms with Gasteiger partial charge in [-0.25, -0.2) is 9.97 Å². The number of aromatic nitrogens is 2. The van der Waals surface area contributed by atoms with Crippen LogP contribution in [0.4, 0.5) is 5.95 Å². The summed E-state index contributed by atoms with van der Waals surface area (Å²) in [5.74, 6) is 0.754. The zero-order valence-electron chi connectivity index (χ0n) is 17.7. The number of halogens is 1. The van der Waals surface area contributed by atoms with Crippen LogP contribution >= 0.6 is 11.6 Å². The summed E-state index contributed by atoms with van der Waals surface area (Å²) in [7, 11) is 0. The highest BCUT2D eigenvalue weighted by atomic mass is 35.5. The number of nitrogens with one attached hydrogen (secondary N) is 1. The number of aryl methyl sites for hydroxylation is 1. The summed E-state index contributed by atoms with van der Waals surface area (Å²) < 4.78 is 0. The topological polar surface area (TPSA) is 58.1 Å². The van der Waals surface area contributed by atoms with E-state index in [1.165, 1.54) is 5.56 Å². The first-order valence-electron chi connectivity index (χ1n) is 10.7. The fraction of sp³-hybridized carbons (Fsp3) is 0.320. The minimum Gasteiger partial charge on any atom is -0.355 e. The molecule has 1 aliphatic rings. The van der Waals surface area contributed by atoms with E-state index in [-0.39, 0.29) is 11.8 Å². The highest BCUT2D eigenvalue weighted by molar-refractivity contribution is 6.30. The predicted molar refractivity (Wildman–Crippen MR) is 125 cm³/mol. The van der Waals surface area contributed by atoms with Gasteiger partial charge in [-0.2, -0.15) is 0 Å². The van der Waals surface area contributed by atoms with Gasteiger partial charge in [0.15, 0.2) is 0 Å². The number of benzene rings is 2. The molecule has 1 aromatic heterocycles. The molecule has 0 aliphatic carbocycles. The Bertz CT molecular complexity index is 1000. The molecule has 1 atom stereocenters. The van der Waals surface area contributed by atoms with E-state index in [1.54, 1.807) is 0 Å². The van der Waals surface area contributed by atoms with Crippen LogP contribution in [0.15, 0.2) is 60.9 Å². The average Bonchev–Trinajstić information content (AvgIpc) is 2.81. The Kier molecular flexibility index (Phi) is 6.82. The van der Waals surface area contributed by atoms with Crippen molar-refractivity contribution in [1.82, 2.24) is 15.3 Å². The third-order valence-electron chi connectivity index (χ3n) is 5.72. The normalized spacial score (nSPS) is 16.2. The second-order valence-corrected chi connectivity index (χ2v) is 8.53. The van der Waals surface area contributed by atoms with Crippen LogP contribution in [0.1, 0.15) is 24.0 Å². The van der Waals surface area contributed by atoms with Gasteiger partial charge in [0.2, 0.25) is 11.9 Å². The van der Waals surface area contributed by atoms with Crippen molar-refractivity contribution in [2.45, 2.75) is 26.2 Å². The summed E-state index contributed by atoms with van der Waals surface area (Å²) in [6.45, 7) is 4.22. The number of nitrogens with zero attached hydrogens (tertiary/aromatic N) is 3. The fourth-order valence-electron chi connectivity index (χ4n) is 3.88. The Hall–Kier alpha value is -2.92. The summed E-state index contributed by atoms with van der Waals surface area (Å²) in [6.07, 6.45) is 6.37. The van der Waals surface area contributed by atoms with Crippen molar-refractivity contribution in [2.75, 3.05) is 24.5 Å². The summed E-state index contributed by atoms with van der Waals surface area (Å²) in [4.78, 5) is 24.0. The highest BCUT2D eigenvalue weighted by Crippen LogP contribution is 2.23. The SMILES string of the molecule is Cc1ccc(-c2cnc(N3CCC[C@@H](C(=O)NCCc4ccc(Cl)cc4)C3)nc2)cc1. The van der Waals surface area contributed by atoms with Crippen LogP contribution in [0.25, 0.3) is 11.1 Å². The quantitative estimate of drug-likeness (QED) is 0.612. The van der Waals surface area contributed by atoms with Gasteiger partial charge in [0.05, 0.1) is 5.92 Å². The lowest BCUT2D eigenvalue weighted by atomic mass is 9.97. The number of carbonyl (C=O) groups is 1. The Labute approximate surface area is 188 Å². The Balaban J connectivity index is 1.31. The van der Waals surface area contributed by atoms with Crippen LogP contribution in [0.3, 0.4) is 0 Å². The zero-order valence-corrected chi connectivity index (χ0v) is 18.5. The average molecular weight is 435 g/mol. The third kappa shape index (κ3) is 5.61. The van der Waals surface area contributed by atoms with Crippen LogP contribution in [0, 0.1) is 12.8 Å². The second-order valence-electron chi connectivity index (χ2n) is 8.09. The maximum atomic E-state index is 12.7. The van der Waals surface area contributed by atoms with Crippen molar-refractivity contribution in [3.63, 3.8) is 0 Å². The highest BCUT2D eigenvalue weighted by Gasteiger charge is 2.26. The first-order chi connectivity index (χ1) is 15.1. The van der Waals surface area contributed by atoms with Gasteiger partial charge in [0.1, 0.15) is 0 Å². The molecule has 1 fully saturated rings. The van der Waals surface area contributed by atoms with Gasteiger partial charge in [-0.3, -0.25) is 4.79 Å². The number of rotatable bonds is 6. The lowest BCUT2D eigenvalue weighted by Crippen LogP contribution is -2.44. The van der Waals surface area contributed by atoms with Gasteiger partial charge in [-0.05, 0) is 49.4 Å². The Morgan fingerprint density at radius 3 is 2.48 bits per heavy atom. The molecule has 5 nitrogen and oxygen atoms in total. The van der Waals surface area contributed by atoms with E-state index in [0.29, 0.717) is 19.0 Å². The molecule has 1 N–H and O–H groups in total. The molecule has 1 aliphatic heterocycles. The van der Waals surface area contributed by atoms with Crippen molar-refractivity contribution >= 4 is 23.5 Å². The molecule has 2 aromatic carbocycles. The number of anilines is 1. The standard InChI is InChI=1S/C25H27ClN4O/c1-18-4-8-20(9-5-18)22-15-28-25(29-16-22)30-14-2-3-21(17-30)24(31)27-13-12-19-6-10-23(26)11-7-19/h4-11,15-16,21H,2-3,12-14,17H2,1H3,(H,27,31)/t21-/m1/s1. The van der Waals surface area contributed by atoms with Gasteiger partial charge in [0.25, 0.3) is 0 Å². The van der Waals surface area contributed by atoms with Crippen LogP contribution in [0.5, 0.6) is 0 Å². The van der Waals surface area contributed by atoms with E-state index in [0.717, 1.165) is 47.5 Å². The number of carbonyl (C=O) groups excluding carboxylic acids is 1. The van der Waals surface area contributed by atoms with Crippen molar-refractivity contribution in [3.05, 3.63) is 77.1 Å². The minimum atomic E-state index is -0.0423. The summed E-state index contributed by atoms with van der Waals surface area (Å²) in [5, 5.41) is 3.81. The molecule has 4 rings (SSSR count). The van der Waals surface area contributed by atoms with E-state index < -0.39 is 0 Å². The largest absolute Gasteiger partial charge is 0.355 e. The molecule has 3 aromatic rings. The van der Waals surface area contributed by atoms with E-state index in [1.807, 2.05) is 36.7 Å². The fourth-order valence-corrected chi connectivity index (χ4v) is 4.00. The number of hydrogen-bond donors (Lipinski definition) is 1. The number of hydrogen-bond acceptors (Lipinski definition) is 4. The molecule has 160 valence electrons. The van der Waals surface area contributed by atoms with Crippen LogP contribution in [-0.4, -0.2) is 35.5 Å². The van der Waals surface area contributed by atoms with Crippen molar-refractivity contribution < 1.29 is 4.79 Å².